The molecule has 134 valence electrons. The van der Waals surface area contributed by atoms with Gasteiger partial charge in [0.25, 0.3) is 0 Å². The van der Waals surface area contributed by atoms with Crippen LogP contribution in [0.2, 0.25) is 0 Å². The standard InChI is InChI=1S/C21H31ClO2/c1-20-9-7-14(23)11-13(20)3-4-15-16-5-6-18(19(24)12-22)21(16,2)10-8-17(15)20/h3,14-18,23H,4-12H2,1-2H3. The van der Waals surface area contributed by atoms with Crippen molar-refractivity contribution in [3.05, 3.63) is 11.6 Å². The molecule has 4 aliphatic carbocycles. The molecule has 7 atom stereocenters. The second-order valence-electron chi connectivity index (χ2n) is 9.43. The zero-order valence-corrected chi connectivity index (χ0v) is 15.8. The van der Waals surface area contributed by atoms with Gasteiger partial charge in [-0.3, -0.25) is 4.79 Å². The van der Waals surface area contributed by atoms with E-state index in [0.29, 0.717) is 5.92 Å². The molecule has 1 N–H and O–H groups in total. The molecule has 4 rings (SSSR count). The van der Waals surface area contributed by atoms with E-state index in [-0.39, 0.29) is 34.5 Å². The highest BCUT2D eigenvalue weighted by atomic mass is 35.5. The SMILES string of the molecule is CC12CCC(O)CC1=CCC1C2CCC2(C)C(C(=O)CCl)CCC12. The number of aliphatic hydroxyl groups is 1. The summed E-state index contributed by atoms with van der Waals surface area (Å²) < 4.78 is 0. The maximum Gasteiger partial charge on any atom is 0.151 e. The van der Waals surface area contributed by atoms with E-state index in [4.69, 9.17) is 11.6 Å². The summed E-state index contributed by atoms with van der Waals surface area (Å²) in [5.41, 5.74) is 1.98. The van der Waals surface area contributed by atoms with Gasteiger partial charge < -0.3 is 5.11 Å². The van der Waals surface area contributed by atoms with E-state index in [0.717, 1.165) is 43.9 Å². The number of halogens is 1. The van der Waals surface area contributed by atoms with Crippen LogP contribution in [0.25, 0.3) is 0 Å². The largest absolute Gasteiger partial charge is 0.393 e. The van der Waals surface area contributed by atoms with Gasteiger partial charge in [0.1, 0.15) is 0 Å². The van der Waals surface area contributed by atoms with Crippen LogP contribution in [-0.4, -0.2) is 22.9 Å². The summed E-state index contributed by atoms with van der Waals surface area (Å²) in [6.07, 6.45) is 11.1. The summed E-state index contributed by atoms with van der Waals surface area (Å²) in [7, 11) is 0. The summed E-state index contributed by atoms with van der Waals surface area (Å²) in [4.78, 5) is 12.4. The number of rotatable bonds is 2. The summed E-state index contributed by atoms with van der Waals surface area (Å²) in [5.74, 6) is 2.79. The number of aliphatic hydroxyl groups excluding tert-OH is 1. The van der Waals surface area contributed by atoms with E-state index in [1.807, 2.05) is 0 Å². The van der Waals surface area contributed by atoms with Crippen LogP contribution in [0.3, 0.4) is 0 Å². The van der Waals surface area contributed by atoms with Crippen molar-refractivity contribution in [3.63, 3.8) is 0 Å². The molecule has 0 spiro atoms. The summed E-state index contributed by atoms with van der Waals surface area (Å²) in [5, 5.41) is 10.1. The average Bonchev–Trinajstić information content (AvgIpc) is 2.92. The van der Waals surface area contributed by atoms with Crippen molar-refractivity contribution in [1.29, 1.82) is 0 Å². The zero-order valence-electron chi connectivity index (χ0n) is 15.1. The van der Waals surface area contributed by atoms with Crippen molar-refractivity contribution in [2.24, 2.45) is 34.5 Å². The molecule has 0 aromatic carbocycles. The van der Waals surface area contributed by atoms with Gasteiger partial charge in [0.2, 0.25) is 0 Å². The molecule has 0 radical (unpaired) electrons. The first-order valence-corrected chi connectivity index (χ1v) is 10.4. The van der Waals surface area contributed by atoms with Crippen molar-refractivity contribution < 1.29 is 9.90 Å². The molecule has 7 unspecified atom stereocenters. The van der Waals surface area contributed by atoms with Gasteiger partial charge in [-0.25, -0.2) is 0 Å². The predicted molar refractivity (Wildman–Crippen MR) is 96.9 cm³/mol. The van der Waals surface area contributed by atoms with Crippen LogP contribution >= 0.6 is 11.6 Å². The number of alkyl halides is 1. The maximum atomic E-state index is 12.4. The number of Topliss-reactive ketones (excluding diaryl/α,β-unsaturated/α-hetero) is 1. The molecule has 0 aromatic heterocycles. The zero-order chi connectivity index (χ0) is 17.1. The third kappa shape index (κ3) is 2.28. The Kier molecular flexibility index (Phi) is 4.16. The Morgan fingerprint density at radius 2 is 2.00 bits per heavy atom. The molecule has 0 saturated heterocycles. The number of fused-ring (bicyclic) bond motifs is 5. The Balaban J connectivity index is 1.64. The van der Waals surface area contributed by atoms with Gasteiger partial charge in [0.05, 0.1) is 12.0 Å². The van der Waals surface area contributed by atoms with Gasteiger partial charge in [-0.1, -0.05) is 25.5 Å². The number of carbonyl (C=O) groups is 1. The lowest BCUT2D eigenvalue weighted by Crippen LogP contribution is -2.51. The van der Waals surface area contributed by atoms with E-state index >= 15 is 0 Å². The Labute approximate surface area is 151 Å². The number of hydrogen-bond acceptors (Lipinski definition) is 2. The molecule has 3 fully saturated rings. The third-order valence-electron chi connectivity index (χ3n) is 8.60. The van der Waals surface area contributed by atoms with Crippen LogP contribution in [0.4, 0.5) is 0 Å². The fourth-order valence-corrected chi connectivity index (χ4v) is 7.45. The first-order valence-electron chi connectivity index (χ1n) is 9.86. The lowest BCUT2D eigenvalue weighted by Gasteiger charge is -2.57. The minimum absolute atomic E-state index is 0.132. The number of carbonyl (C=O) groups excluding carboxylic acids is 1. The van der Waals surface area contributed by atoms with E-state index in [1.54, 1.807) is 0 Å². The summed E-state index contributed by atoms with van der Waals surface area (Å²) in [6.45, 7) is 4.84. The van der Waals surface area contributed by atoms with Crippen LogP contribution in [0.15, 0.2) is 11.6 Å². The topological polar surface area (TPSA) is 37.3 Å². The second kappa shape index (κ2) is 5.84. The number of hydrogen-bond donors (Lipinski definition) is 1. The van der Waals surface area contributed by atoms with Crippen molar-refractivity contribution in [2.45, 2.75) is 71.3 Å². The fourth-order valence-electron chi connectivity index (χ4n) is 7.26. The Hall–Kier alpha value is -0.340. The Morgan fingerprint density at radius 1 is 1.21 bits per heavy atom. The van der Waals surface area contributed by atoms with Gasteiger partial charge in [-0.2, -0.15) is 0 Å². The van der Waals surface area contributed by atoms with Crippen molar-refractivity contribution in [2.75, 3.05) is 5.88 Å². The van der Waals surface area contributed by atoms with Gasteiger partial charge in [0, 0.05) is 5.92 Å². The molecular formula is C21H31ClO2. The van der Waals surface area contributed by atoms with Crippen molar-refractivity contribution in [3.8, 4) is 0 Å². The lowest BCUT2D eigenvalue weighted by molar-refractivity contribution is -0.127. The Morgan fingerprint density at radius 3 is 2.75 bits per heavy atom. The van der Waals surface area contributed by atoms with Crippen molar-refractivity contribution in [1.82, 2.24) is 0 Å². The van der Waals surface area contributed by atoms with Gasteiger partial charge in [0.15, 0.2) is 5.78 Å². The summed E-state index contributed by atoms with van der Waals surface area (Å²) >= 11 is 5.91. The average molecular weight is 351 g/mol. The molecule has 4 aliphatic rings. The smallest absolute Gasteiger partial charge is 0.151 e. The molecule has 3 saturated carbocycles. The maximum absolute atomic E-state index is 12.4. The minimum Gasteiger partial charge on any atom is -0.393 e. The van der Waals surface area contributed by atoms with E-state index < -0.39 is 0 Å². The molecule has 0 bridgehead atoms. The molecule has 0 heterocycles. The highest BCUT2D eigenvalue weighted by Gasteiger charge is 2.59. The highest BCUT2D eigenvalue weighted by molar-refractivity contribution is 6.28. The molecule has 2 nitrogen and oxygen atoms in total. The van der Waals surface area contributed by atoms with Gasteiger partial charge >= 0.3 is 0 Å². The van der Waals surface area contributed by atoms with E-state index in [1.165, 1.54) is 24.8 Å². The molecule has 0 amide bonds. The van der Waals surface area contributed by atoms with E-state index in [2.05, 4.69) is 19.9 Å². The Bertz CT molecular complexity index is 570. The van der Waals surface area contributed by atoms with Gasteiger partial charge in [-0.15, -0.1) is 11.6 Å². The quantitative estimate of drug-likeness (QED) is 0.577. The van der Waals surface area contributed by atoms with Crippen LogP contribution in [0.5, 0.6) is 0 Å². The molecular weight excluding hydrogens is 320 g/mol. The van der Waals surface area contributed by atoms with Crippen LogP contribution in [0, 0.1) is 34.5 Å². The normalized spacial score (nSPS) is 50.5. The molecule has 24 heavy (non-hydrogen) atoms. The summed E-state index contributed by atoms with van der Waals surface area (Å²) in [6, 6.07) is 0. The molecule has 3 heteroatoms. The highest BCUT2D eigenvalue weighted by Crippen LogP contribution is 2.66. The first-order chi connectivity index (χ1) is 11.4. The lowest BCUT2D eigenvalue weighted by atomic mass is 9.47. The first kappa shape index (κ1) is 17.1. The monoisotopic (exact) mass is 350 g/mol. The van der Waals surface area contributed by atoms with Crippen molar-refractivity contribution >= 4 is 17.4 Å². The minimum atomic E-state index is -0.132. The fraction of sp³-hybridized carbons (Fsp3) is 0.857. The van der Waals surface area contributed by atoms with Crippen LogP contribution in [0.1, 0.15) is 65.2 Å². The number of ketones is 1. The van der Waals surface area contributed by atoms with Crippen LogP contribution in [-0.2, 0) is 4.79 Å². The second-order valence-corrected chi connectivity index (χ2v) is 9.70. The predicted octanol–water partition coefficient (Wildman–Crippen LogP) is 4.73. The third-order valence-corrected chi connectivity index (χ3v) is 8.86. The number of allylic oxidation sites excluding steroid dienone is 1. The van der Waals surface area contributed by atoms with Gasteiger partial charge in [-0.05, 0) is 80.0 Å². The molecule has 0 aliphatic heterocycles. The van der Waals surface area contributed by atoms with Crippen LogP contribution < -0.4 is 0 Å². The van der Waals surface area contributed by atoms with E-state index in [9.17, 15) is 9.90 Å². The molecule has 0 aromatic rings.